The number of fused-ring (bicyclic) bond motifs is 3. The maximum Gasteiger partial charge on any atom is 0.320 e. The van der Waals surface area contributed by atoms with Crippen LogP contribution in [-0.4, -0.2) is 19.2 Å². The highest BCUT2D eigenvalue weighted by Crippen LogP contribution is 2.67. The van der Waals surface area contributed by atoms with Gasteiger partial charge in [0, 0.05) is 5.56 Å². The van der Waals surface area contributed by atoms with Gasteiger partial charge in [-0.2, -0.15) is 0 Å². The minimum atomic E-state index is -0.676. The van der Waals surface area contributed by atoms with Crippen LogP contribution in [0.15, 0.2) is 54.6 Å². The summed E-state index contributed by atoms with van der Waals surface area (Å²) >= 11 is 0. The Balaban J connectivity index is 1.85. The van der Waals surface area contributed by atoms with Crippen LogP contribution in [0.25, 0.3) is 0 Å². The van der Waals surface area contributed by atoms with Crippen molar-refractivity contribution in [2.45, 2.75) is 17.4 Å². The molecule has 1 aliphatic heterocycles. The molecule has 1 heterocycles. The molecule has 1 saturated carbocycles. The van der Waals surface area contributed by atoms with E-state index in [0.717, 1.165) is 16.9 Å². The van der Waals surface area contributed by atoms with Gasteiger partial charge in [-0.15, -0.1) is 0 Å². The lowest BCUT2D eigenvalue weighted by Crippen LogP contribution is -2.30. The first-order valence-electron chi connectivity index (χ1n) is 6.69. The molecule has 3 atom stereocenters. The number of carbonyl (C=O) groups is 1. The van der Waals surface area contributed by atoms with Gasteiger partial charge in [0.2, 0.25) is 0 Å². The Bertz CT molecular complexity index is 680. The van der Waals surface area contributed by atoms with Crippen LogP contribution in [0.2, 0.25) is 0 Å². The van der Waals surface area contributed by atoms with E-state index in [9.17, 15) is 4.79 Å². The van der Waals surface area contributed by atoms with Crippen molar-refractivity contribution in [3.05, 3.63) is 65.7 Å². The summed E-state index contributed by atoms with van der Waals surface area (Å²) in [5.74, 6) is 0.736. The number of esters is 1. The summed E-state index contributed by atoms with van der Waals surface area (Å²) in [4.78, 5) is 12.4. The maximum absolute atomic E-state index is 12.4. The van der Waals surface area contributed by atoms with E-state index in [-0.39, 0.29) is 18.0 Å². The van der Waals surface area contributed by atoms with E-state index in [0.29, 0.717) is 0 Å². The summed E-state index contributed by atoms with van der Waals surface area (Å²) in [5.41, 5.74) is 1.40. The summed E-state index contributed by atoms with van der Waals surface area (Å²) in [6.45, 7) is 0. The number of rotatable bonds is 2. The molecule has 4 rings (SSSR count). The number of hydrogen-bond acceptors (Lipinski definition) is 3. The molecule has 20 heavy (non-hydrogen) atoms. The molecule has 2 aromatic rings. The zero-order chi connectivity index (χ0) is 13.7. The predicted molar refractivity (Wildman–Crippen MR) is 73.7 cm³/mol. The van der Waals surface area contributed by atoms with Crippen LogP contribution in [0.4, 0.5) is 0 Å². The van der Waals surface area contributed by atoms with Gasteiger partial charge < -0.3 is 9.47 Å². The average Bonchev–Trinajstić information content (AvgIpc) is 3.01. The van der Waals surface area contributed by atoms with Crippen molar-refractivity contribution in [3.63, 3.8) is 0 Å². The highest BCUT2D eigenvalue weighted by molar-refractivity contribution is 5.92. The highest BCUT2D eigenvalue weighted by atomic mass is 16.5. The Kier molecular flexibility index (Phi) is 2.22. The van der Waals surface area contributed by atoms with E-state index in [1.165, 1.54) is 7.11 Å². The second-order valence-electron chi connectivity index (χ2n) is 5.28. The topological polar surface area (TPSA) is 35.5 Å². The Morgan fingerprint density at radius 1 is 1.10 bits per heavy atom. The predicted octanol–water partition coefficient (Wildman–Crippen LogP) is 2.66. The van der Waals surface area contributed by atoms with Gasteiger partial charge in [0.25, 0.3) is 0 Å². The van der Waals surface area contributed by atoms with Crippen LogP contribution in [0, 0.1) is 0 Å². The lowest BCUT2D eigenvalue weighted by molar-refractivity contribution is -0.144. The van der Waals surface area contributed by atoms with Crippen molar-refractivity contribution < 1.29 is 14.3 Å². The van der Waals surface area contributed by atoms with Gasteiger partial charge in [-0.25, -0.2) is 0 Å². The molecule has 0 saturated heterocycles. The Morgan fingerprint density at radius 3 is 2.55 bits per heavy atom. The third-order valence-corrected chi connectivity index (χ3v) is 4.42. The molecule has 1 aliphatic carbocycles. The van der Waals surface area contributed by atoms with Crippen molar-refractivity contribution >= 4 is 5.97 Å². The van der Waals surface area contributed by atoms with Crippen LogP contribution in [-0.2, 0) is 14.9 Å². The standard InChI is InChI=1S/C17H14O3/c1-19-16(18)17(11-7-3-2-4-8-11)14-12-9-5-6-10-13(12)20-15(14)17/h2-10,14-15H,1H3/t14-,15+,17+/m1/s1. The summed E-state index contributed by atoms with van der Waals surface area (Å²) < 4.78 is 11.0. The zero-order valence-corrected chi connectivity index (χ0v) is 11.1. The lowest BCUT2D eigenvalue weighted by Gasteiger charge is -2.19. The summed E-state index contributed by atoms with van der Waals surface area (Å²) in [6, 6.07) is 17.7. The van der Waals surface area contributed by atoms with Crippen molar-refractivity contribution in [1.82, 2.24) is 0 Å². The smallest absolute Gasteiger partial charge is 0.320 e. The number of hydrogen-bond donors (Lipinski definition) is 0. The van der Waals surface area contributed by atoms with Gasteiger partial charge in [-0.3, -0.25) is 4.79 Å². The molecule has 0 bridgehead atoms. The Labute approximate surface area is 117 Å². The molecule has 0 amide bonds. The van der Waals surface area contributed by atoms with Crippen LogP contribution in [0.3, 0.4) is 0 Å². The first kappa shape index (κ1) is 11.5. The minimum Gasteiger partial charge on any atom is -0.488 e. The van der Waals surface area contributed by atoms with Crippen LogP contribution in [0.1, 0.15) is 17.0 Å². The molecule has 1 fully saturated rings. The average molecular weight is 266 g/mol. The van der Waals surface area contributed by atoms with Crippen LogP contribution in [0.5, 0.6) is 5.75 Å². The van der Waals surface area contributed by atoms with Gasteiger partial charge >= 0.3 is 5.97 Å². The second kappa shape index (κ2) is 3.85. The molecule has 3 heteroatoms. The van der Waals surface area contributed by atoms with E-state index in [1.807, 2.05) is 54.6 Å². The number of ether oxygens (including phenoxy) is 2. The number of methoxy groups -OCH3 is 1. The first-order valence-corrected chi connectivity index (χ1v) is 6.69. The maximum atomic E-state index is 12.4. The minimum absolute atomic E-state index is 0.0635. The van der Waals surface area contributed by atoms with Crippen molar-refractivity contribution in [3.8, 4) is 5.75 Å². The Morgan fingerprint density at radius 2 is 1.80 bits per heavy atom. The van der Waals surface area contributed by atoms with E-state index >= 15 is 0 Å². The summed E-state index contributed by atoms with van der Waals surface area (Å²) in [6.07, 6.45) is -0.144. The molecule has 0 N–H and O–H groups in total. The number of benzene rings is 2. The van der Waals surface area contributed by atoms with Gasteiger partial charge in [0.05, 0.1) is 13.0 Å². The summed E-state index contributed by atoms with van der Waals surface area (Å²) in [7, 11) is 1.44. The van der Waals surface area contributed by atoms with Crippen LogP contribution >= 0.6 is 0 Å². The van der Waals surface area contributed by atoms with Crippen molar-refractivity contribution in [2.75, 3.05) is 7.11 Å². The van der Waals surface area contributed by atoms with E-state index in [2.05, 4.69) is 0 Å². The normalized spacial score (nSPS) is 29.1. The third-order valence-electron chi connectivity index (χ3n) is 4.42. The molecule has 0 spiro atoms. The fourth-order valence-corrected chi connectivity index (χ4v) is 3.49. The molecule has 0 radical (unpaired) electrons. The zero-order valence-electron chi connectivity index (χ0n) is 11.1. The molecule has 2 aromatic carbocycles. The van der Waals surface area contributed by atoms with E-state index in [1.54, 1.807) is 0 Å². The summed E-state index contributed by atoms with van der Waals surface area (Å²) in [5, 5.41) is 0. The fraction of sp³-hybridized carbons (Fsp3) is 0.235. The van der Waals surface area contributed by atoms with Crippen LogP contribution < -0.4 is 4.74 Å². The van der Waals surface area contributed by atoms with E-state index in [4.69, 9.17) is 9.47 Å². The Hall–Kier alpha value is -2.29. The lowest BCUT2D eigenvalue weighted by atomic mass is 9.89. The fourth-order valence-electron chi connectivity index (χ4n) is 3.49. The van der Waals surface area contributed by atoms with Gasteiger partial charge in [-0.05, 0) is 11.6 Å². The van der Waals surface area contributed by atoms with E-state index < -0.39 is 5.41 Å². The number of para-hydroxylation sites is 1. The third kappa shape index (κ3) is 1.22. The largest absolute Gasteiger partial charge is 0.488 e. The second-order valence-corrected chi connectivity index (χ2v) is 5.28. The highest BCUT2D eigenvalue weighted by Gasteiger charge is 2.77. The monoisotopic (exact) mass is 266 g/mol. The SMILES string of the molecule is COC(=O)[C@@]1(c2ccccc2)[C@@H]2c3ccccc3O[C@@H]21. The van der Waals surface area contributed by atoms with Crippen molar-refractivity contribution in [1.29, 1.82) is 0 Å². The first-order chi connectivity index (χ1) is 9.80. The van der Waals surface area contributed by atoms with Gasteiger partial charge in [-0.1, -0.05) is 48.5 Å². The van der Waals surface area contributed by atoms with Gasteiger partial charge in [0.15, 0.2) is 0 Å². The molecule has 2 aliphatic rings. The molecular formula is C17H14O3. The molecular weight excluding hydrogens is 252 g/mol. The number of carbonyl (C=O) groups excluding carboxylic acids is 1. The molecule has 0 aromatic heterocycles. The molecule has 0 unspecified atom stereocenters. The quantitative estimate of drug-likeness (QED) is 0.784. The molecule has 3 nitrogen and oxygen atoms in total. The molecule has 100 valence electrons. The van der Waals surface area contributed by atoms with Gasteiger partial charge in [0.1, 0.15) is 17.3 Å². The van der Waals surface area contributed by atoms with Crippen molar-refractivity contribution in [2.24, 2.45) is 0 Å².